The molecular weight excluding hydrogens is 332 g/mol. The zero-order valence-electron chi connectivity index (χ0n) is 14.2. The number of H-pyrrole nitrogens is 1. The average Bonchev–Trinajstić information content (AvgIpc) is 3.32. The highest BCUT2D eigenvalue weighted by molar-refractivity contribution is 5.78. The molecule has 4 heterocycles. The van der Waals surface area contributed by atoms with E-state index in [2.05, 4.69) is 20.4 Å². The molecule has 1 saturated carbocycles. The zero-order chi connectivity index (χ0) is 17.7. The maximum atomic E-state index is 5.72. The van der Waals surface area contributed by atoms with Gasteiger partial charge in [-0.05, 0) is 18.9 Å². The van der Waals surface area contributed by atoms with E-state index in [1.165, 1.54) is 0 Å². The Bertz CT molecular complexity index is 1070. The summed E-state index contributed by atoms with van der Waals surface area (Å²) in [6, 6.07) is 4.07. The molecule has 0 bridgehead atoms. The number of anilines is 1. The van der Waals surface area contributed by atoms with Gasteiger partial charge in [-0.25, -0.2) is 9.50 Å². The molecule has 4 aromatic rings. The SMILES string of the molecule is COC1CC(n2cc(-c3nc(-c4cc(N)n[nH]4)cn4nccc34)cn2)C1. The summed E-state index contributed by atoms with van der Waals surface area (Å²) < 4.78 is 9.16. The lowest BCUT2D eigenvalue weighted by molar-refractivity contribution is 0.00250. The van der Waals surface area contributed by atoms with Crippen molar-refractivity contribution in [2.24, 2.45) is 0 Å². The standard InChI is InChI=1S/C17H18N8O/c1-26-12-4-11(5-12)24-8-10(7-20-24)17-15-2-3-19-25(15)9-14(21-17)13-6-16(18)23-22-13/h2-3,6-9,11-12H,4-5H2,1H3,(H3,18,22,23). The lowest BCUT2D eigenvalue weighted by atomic mass is 9.89. The molecule has 0 spiro atoms. The molecule has 3 N–H and O–H groups in total. The van der Waals surface area contributed by atoms with Crippen LogP contribution in [-0.4, -0.2) is 47.8 Å². The number of hydrogen-bond donors (Lipinski definition) is 2. The Kier molecular flexibility index (Phi) is 3.29. The van der Waals surface area contributed by atoms with Gasteiger partial charge in [0.1, 0.15) is 11.5 Å². The Labute approximate surface area is 148 Å². The summed E-state index contributed by atoms with van der Waals surface area (Å²) in [5, 5.41) is 15.8. The molecule has 0 amide bonds. The van der Waals surface area contributed by atoms with Crippen molar-refractivity contribution in [1.82, 2.24) is 34.6 Å². The summed E-state index contributed by atoms with van der Waals surface area (Å²) in [6.07, 6.45) is 9.80. The molecule has 1 aliphatic carbocycles. The van der Waals surface area contributed by atoms with Gasteiger partial charge in [0.25, 0.3) is 0 Å². The number of rotatable bonds is 4. The van der Waals surface area contributed by atoms with Gasteiger partial charge in [-0.15, -0.1) is 0 Å². The second kappa shape index (κ2) is 5.67. The number of aromatic nitrogens is 7. The number of fused-ring (bicyclic) bond motifs is 1. The van der Waals surface area contributed by atoms with E-state index in [9.17, 15) is 0 Å². The van der Waals surface area contributed by atoms with Crippen molar-refractivity contribution in [3.05, 3.63) is 36.9 Å². The molecular formula is C17H18N8O. The molecule has 0 atom stereocenters. The maximum absolute atomic E-state index is 5.72. The molecule has 132 valence electrons. The second-order valence-corrected chi connectivity index (χ2v) is 6.53. The molecule has 9 heteroatoms. The van der Waals surface area contributed by atoms with Gasteiger partial charge < -0.3 is 10.5 Å². The second-order valence-electron chi connectivity index (χ2n) is 6.53. The molecule has 0 saturated heterocycles. The highest BCUT2D eigenvalue weighted by Crippen LogP contribution is 2.35. The minimum atomic E-state index is 0.335. The first kappa shape index (κ1) is 15.1. The van der Waals surface area contributed by atoms with Gasteiger partial charge in [0.15, 0.2) is 0 Å². The summed E-state index contributed by atoms with van der Waals surface area (Å²) in [7, 11) is 1.75. The fraction of sp³-hybridized carbons (Fsp3) is 0.294. The lowest BCUT2D eigenvalue weighted by Crippen LogP contribution is -2.32. The van der Waals surface area contributed by atoms with Crippen LogP contribution in [0.2, 0.25) is 0 Å². The molecule has 1 aliphatic rings. The molecule has 1 fully saturated rings. The molecule has 5 rings (SSSR count). The van der Waals surface area contributed by atoms with Gasteiger partial charge in [-0.2, -0.15) is 15.3 Å². The largest absolute Gasteiger partial charge is 0.382 e. The van der Waals surface area contributed by atoms with Crippen LogP contribution >= 0.6 is 0 Å². The summed E-state index contributed by atoms with van der Waals surface area (Å²) in [6.45, 7) is 0. The van der Waals surface area contributed by atoms with Crippen LogP contribution in [0.5, 0.6) is 0 Å². The first-order chi connectivity index (χ1) is 12.7. The highest BCUT2D eigenvalue weighted by atomic mass is 16.5. The van der Waals surface area contributed by atoms with E-state index < -0.39 is 0 Å². The summed E-state index contributed by atoms with van der Waals surface area (Å²) in [5.41, 5.74) is 9.88. The first-order valence-corrected chi connectivity index (χ1v) is 8.44. The van der Waals surface area contributed by atoms with Crippen LogP contribution in [0.3, 0.4) is 0 Å². The lowest BCUT2D eigenvalue weighted by Gasteiger charge is -2.34. The summed E-state index contributed by atoms with van der Waals surface area (Å²) in [5.74, 6) is 0.425. The third-order valence-electron chi connectivity index (χ3n) is 4.92. The van der Waals surface area contributed by atoms with Crippen LogP contribution in [0.15, 0.2) is 36.9 Å². The Hall–Kier alpha value is -3.20. The molecule has 9 nitrogen and oxygen atoms in total. The van der Waals surface area contributed by atoms with Crippen LogP contribution in [0.25, 0.3) is 28.2 Å². The fourth-order valence-corrected chi connectivity index (χ4v) is 3.34. The van der Waals surface area contributed by atoms with Crippen LogP contribution in [-0.2, 0) is 4.74 Å². The van der Waals surface area contributed by atoms with E-state index in [-0.39, 0.29) is 0 Å². The van der Waals surface area contributed by atoms with E-state index in [0.717, 1.165) is 41.0 Å². The van der Waals surface area contributed by atoms with E-state index >= 15 is 0 Å². The molecule has 26 heavy (non-hydrogen) atoms. The molecule has 0 unspecified atom stereocenters. The van der Waals surface area contributed by atoms with Gasteiger partial charge in [0.2, 0.25) is 0 Å². The van der Waals surface area contributed by atoms with Crippen molar-refractivity contribution in [1.29, 1.82) is 0 Å². The molecule has 0 aliphatic heterocycles. The van der Waals surface area contributed by atoms with Gasteiger partial charge in [-0.1, -0.05) is 0 Å². The summed E-state index contributed by atoms with van der Waals surface area (Å²) >= 11 is 0. The molecule has 0 radical (unpaired) electrons. The number of aromatic amines is 1. The van der Waals surface area contributed by atoms with Crippen molar-refractivity contribution in [2.75, 3.05) is 12.8 Å². The van der Waals surface area contributed by atoms with Crippen molar-refractivity contribution in [2.45, 2.75) is 25.0 Å². The van der Waals surface area contributed by atoms with Crippen molar-refractivity contribution >= 4 is 11.3 Å². The van der Waals surface area contributed by atoms with E-state index in [4.69, 9.17) is 15.5 Å². The third kappa shape index (κ3) is 2.36. The molecule has 4 aromatic heterocycles. The van der Waals surface area contributed by atoms with Crippen molar-refractivity contribution in [3.8, 4) is 22.6 Å². The normalized spacial score (nSPS) is 19.7. The van der Waals surface area contributed by atoms with Gasteiger partial charge in [0, 0.05) is 24.9 Å². The maximum Gasteiger partial charge on any atom is 0.145 e. The third-order valence-corrected chi connectivity index (χ3v) is 4.92. The zero-order valence-corrected chi connectivity index (χ0v) is 14.2. The van der Waals surface area contributed by atoms with Crippen molar-refractivity contribution < 1.29 is 4.74 Å². The average molecular weight is 350 g/mol. The quantitative estimate of drug-likeness (QED) is 0.581. The fourth-order valence-electron chi connectivity index (χ4n) is 3.34. The number of nitrogens with one attached hydrogen (secondary N) is 1. The number of methoxy groups -OCH3 is 1. The highest BCUT2D eigenvalue weighted by Gasteiger charge is 2.31. The number of nitrogens with zero attached hydrogens (tertiary/aromatic N) is 6. The minimum absolute atomic E-state index is 0.335. The predicted octanol–water partition coefficient (Wildman–Crippen LogP) is 1.91. The summed E-state index contributed by atoms with van der Waals surface area (Å²) in [4.78, 5) is 4.81. The van der Waals surface area contributed by atoms with Gasteiger partial charge in [-0.3, -0.25) is 9.78 Å². The topological polar surface area (TPSA) is 112 Å². The smallest absolute Gasteiger partial charge is 0.145 e. The first-order valence-electron chi connectivity index (χ1n) is 8.44. The van der Waals surface area contributed by atoms with Crippen LogP contribution in [0.1, 0.15) is 18.9 Å². The Balaban J connectivity index is 1.56. The van der Waals surface area contributed by atoms with Gasteiger partial charge in [0.05, 0.1) is 47.6 Å². The van der Waals surface area contributed by atoms with Crippen LogP contribution in [0, 0.1) is 0 Å². The van der Waals surface area contributed by atoms with E-state index in [1.54, 1.807) is 23.9 Å². The Morgan fingerprint density at radius 1 is 1.27 bits per heavy atom. The van der Waals surface area contributed by atoms with E-state index in [0.29, 0.717) is 18.0 Å². The number of hydrogen-bond acceptors (Lipinski definition) is 6. The van der Waals surface area contributed by atoms with Crippen LogP contribution < -0.4 is 5.73 Å². The molecule has 0 aromatic carbocycles. The monoisotopic (exact) mass is 350 g/mol. The minimum Gasteiger partial charge on any atom is -0.382 e. The Morgan fingerprint density at radius 2 is 2.15 bits per heavy atom. The number of ether oxygens (including phenoxy) is 1. The van der Waals surface area contributed by atoms with E-state index in [1.807, 2.05) is 29.3 Å². The van der Waals surface area contributed by atoms with Crippen molar-refractivity contribution in [3.63, 3.8) is 0 Å². The predicted molar refractivity (Wildman–Crippen MR) is 95.3 cm³/mol. The van der Waals surface area contributed by atoms with Gasteiger partial charge >= 0.3 is 0 Å². The number of nitrogen functional groups attached to an aromatic ring is 1. The van der Waals surface area contributed by atoms with Crippen LogP contribution in [0.4, 0.5) is 5.82 Å². The number of nitrogens with two attached hydrogens (primary N) is 1. The Morgan fingerprint density at radius 3 is 2.92 bits per heavy atom.